The quantitative estimate of drug-likeness (QED) is 0.561. The van der Waals surface area contributed by atoms with Crippen molar-refractivity contribution < 1.29 is 4.74 Å². The van der Waals surface area contributed by atoms with Crippen LogP contribution in [0.25, 0.3) is 0 Å². The third-order valence-corrected chi connectivity index (χ3v) is 15.2. The molecule has 0 atom stereocenters. The molecule has 0 aromatic heterocycles. The Morgan fingerprint density at radius 3 is 2.60 bits per heavy atom. The molecule has 1 saturated heterocycles. The van der Waals surface area contributed by atoms with Gasteiger partial charge in [0.25, 0.3) is 0 Å². The number of allylic oxidation sites excluding steroid dienone is 1. The molecule has 0 radical (unpaired) electrons. The zero-order chi connectivity index (χ0) is 7.45. The molecule has 0 amide bonds. The summed E-state index contributed by atoms with van der Waals surface area (Å²) in [5.74, 6) is 0. The van der Waals surface area contributed by atoms with Gasteiger partial charge in [-0.2, -0.15) is 0 Å². The molecular formula is C7H13BrOTe. The monoisotopic (exact) mass is 322 g/mol. The van der Waals surface area contributed by atoms with E-state index < -0.39 is 16.0 Å². The normalized spacial score (nSPS) is 27.3. The fourth-order valence-electron chi connectivity index (χ4n) is 0.999. The van der Waals surface area contributed by atoms with Gasteiger partial charge >= 0.3 is 72.7 Å². The van der Waals surface area contributed by atoms with Crippen LogP contribution in [0.4, 0.5) is 0 Å². The zero-order valence-corrected chi connectivity index (χ0v) is 9.93. The summed E-state index contributed by atoms with van der Waals surface area (Å²) in [6.45, 7) is 5.72. The Morgan fingerprint density at radius 1 is 1.50 bits per heavy atom. The van der Waals surface area contributed by atoms with Crippen LogP contribution in [0.5, 0.6) is 0 Å². The Bertz CT molecular complexity index is 121. The predicted molar refractivity (Wildman–Crippen MR) is 50.1 cm³/mol. The second-order valence-corrected chi connectivity index (χ2v) is 20.3. The molecule has 0 spiro atoms. The van der Waals surface area contributed by atoms with E-state index >= 15 is 0 Å². The van der Waals surface area contributed by atoms with Crippen LogP contribution in [0.3, 0.4) is 0 Å². The Hall–Kier alpha value is 0.970. The first-order valence-electron chi connectivity index (χ1n) is 3.41. The fourth-order valence-corrected chi connectivity index (χ4v) is 9.14. The molecule has 0 N–H and O–H groups in total. The van der Waals surface area contributed by atoms with Crippen molar-refractivity contribution in [2.45, 2.75) is 13.4 Å². The predicted octanol–water partition coefficient (Wildman–Crippen LogP) is 2.54. The first-order chi connectivity index (χ1) is 4.77. The van der Waals surface area contributed by atoms with Crippen LogP contribution in [-0.4, -0.2) is 29.2 Å². The molecule has 0 aromatic carbocycles. The molecular weight excluding hydrogens is 308 g/mol. The summed E-state index contributed by atoms with van der Waals surface area (Å²) < 4.78 is 9.14. The summed E-state index contributed by atoms with van der Waals surface area (Å²) in [4.78, 5) is 0. The average Bonchev–Trinajstić information content (AvgIpc) is 1.89. The molecule has 0 aliphatic carbocycles. The van der Waals surface area contributed by atoms with Gasteiger partial charge in [-0.3, -0.25) is 0 Å². The van der Waals surface area contributed by atoms with E-state index in [1.807, 2.05) is 0 Å². The summed E-state index contributed by atoms with van der Waals surface area (Å²) in [7, 11) is 0. The fraction of sp³-hybridized carbons (Fsp3) is 0.714. The van der Waals surface area contributed by atoms with Crippen molar-refractivity contribution in [1.29, 1.82) is 0 Å². The number of hydrogen-bond donors (Lipinski definition) is 0. The van der Waals surface area contributed by atoms with Crippen molar-refractivity contribution in [3.8, 4) is 0 Å². The second-order valence-electron chi connectivity index (χ2n) is 2.42. The van der Waals surface area contributed by atoms with Crippen molar-refractivity contribution in [3.05, 3.63) is 12.7 Å². The van der Waals surface area contributed by atoms with Crippen molar-refractivity contribution in [3.63, 3.8) is 0 Å². The molecule has 3 heteroatoms. The molecule has 0 bridgehead atoms. The third kappa shape index (κ3) is 2.54. The van der Waals surface area contributed by atoms with Crippen molar-refractivity contribution in [1.82, 2.24) is 0 Å². The van der Waals surface area contributed by atoms with Gasteiger partial charge < -0.3 is 0 Å². The van der Waals surface area contributed by atoms with E-state index in [2.05, 4.69) is 25.4 Å². The zero-order valence-electron chi connectivity index (χ0n) is 6.01. The standard InChI is InChI=1S/C7H13BrOTe/c1-2-5-10(8)6-3-9-4-7-10/h2H,1,3-7H2. The van der Waals surface area contributed by atoms with E-state index in [0.29, 0.717) is 0 Å². The van der Waals surface area contributed by atoms with Crippen LogP contribution in [0.15, 0.2) is 12.7 Å². The van der Waals surface area contributed by atoms with Gasteiger partial charge in [-0.15, -0.1) is 0 Å². The second kappa shape index (κ2) is 4.11. The molecule has 1 aliphatic rings. The topological polar surface area (TPSA) is 9.23 Å². The van der Waals surface area contributed by atoms with Crippen LogP contribution in [0, 0.1) is 0 Å². The molecule has 1 fully saturated rings. The van der Waals surface area contributed by atoms with E-state index in [4.69, 9.17) is 4.74 Å². The number of hydrogen-bond acceptors (Lipinski definition) is 1. The maximum absolute atomic E-state index is 5.29. The maximum atomic E-state index is 5.29. The Kier molecular flexibility index (Phi) is 3.72. The van der Waals surface area contributed by atoms with Gasteiger partial charge in [-0.25, -0.2) is 0 Å². The van der Waals surface area contributed by atoms with Crippen LogP contribution in [0.1, 0.15) is 0 Å². The molecule has 10 heavy (non-hydrogen) atoms. The number of ether oxygens (including phenoxy) is 1. The molecule has 1 heterocycles. The molecule has 1 aliphatic heterocycles. The molecule has 1 rings (SSSR count). The van der Waals surface area contributed by atoms with E-state index in [-0.39, 0.29) is 0 Å². The first-order valence-corrected chi connectivity index (χ1v) is 13.6. The van der Waals surface area contributed by atoms with Gasteiger partial charge in [-0.05, 0) is 0 Å². The van der Waals surface area contributed by atoms with E-state index in [1.165, 1.54) is 13.4 Å². The Balaban J connectivity index is 2.39. The van der Waals surface area contributed by atoms with Crippen molar-refractivity contribution in [2.24, 2.45) is 0 Å². The molecule has 0 unspecified atom stereocenters. The summed E-state index contributed by atoms with van der Waals surface area (Å²) in [5.41, 5.74) is 0. The van der Waals surface area contributed by atoms with Crippen LogP contribution in [-0.2, 0) is 4.74 Å². The minimum absolute atomic E-state index is 0.972. The summed E-state index contributed by atoms with van der Waals surface area (Å²) >= 11 is 2.33. The van der Waals surface area contributed by atoms with E-state index in [9.17, 15) is 0 Å². The van der Waals surface area contributed by atoms with E-state index in [1.54, 1.807) is 0 Å². The first kappa shape index (κ1) is 9.06. The molecule has 1 nitrogen and oxygen atoms in total. The van der Waals surface area contributed by atoms with Crippen molar-refractivity contribution in [2.75, 3.05) is 13.2 Å². The molecule has 60 valence electrons. The van der Waals surface area contributed by atoms with Gasteiger partial charge in [0.2, 0.25) is 0 Å². The number of halogens is 1. The summed E-state index contributed by atoms with van der Waals surface area (Å²) in [6, 6.07) is 0. The average molecular weight is 321 g/mol. The van der Waals surface area contributed by atoms with Crippen molar-refractivity contribution >= 4 is 28.7 Å². The number of rotatable bonds is 2. The van der Waals surface area contributed by atoms with Gasteiger partial charge in [0.05, 0.1) is 0 Å². The van der Waals surface area contributed by atoms with Crippen LogP contribution < -0.4 is 0 Å². The van der Waals surface area contributed by atoms with E-state index in [0.717, 1.165) is 13.2 Å². The summed E-state index contributed by atoms with van der Waals surface area (Å²) in [6.07, 6.45) is 2.06. The Morgan fingerprint density at radius 2 is 2.10 bits per heavy atom. The minimum atomic E-state index is -1.57. The van der Waals surface area contributed by atoms with Gasteiger partial charge in [0.15, 0.2) is 0 Å². The van der Waals surface area contributed by atoms with Gasteiger partial charge in [0, 0.05) is 0 Å². The molecule has 0 saturated carbocycles. The van der Waals surface area contributed by atoms with Crippen LogP contribution in [0.2, 0.25) is 13.4 Å². The van der Waals surface area contributed by atoms with Gasteiger partial charge in [0.1, 0.15) is 0 Å². The van der Waals surface area contributed by atoms with Crippen LogP contribution >= 0.6 is 12.8 Å². The SMILES string of the molecule is C=CC[Te]1(Br)CCOCC1. The third-order valence-electron chi connectivity index (χ3n) is 1.60. The Labute approximate surface area is 72.4 Å². The molecule has 0 aromatic rings. The van der Waals surface area contributed by atoms with Gasteiger partial charge in [-0.1, -0.05) is 0 Å². The summed E-state index contributed by atoms with van der Waals surface area (Å²) in [5, 5.41) is 0.